The van der Waals surface area contributed by atoms with Gasteiger partial charge in [0.1, 0.15) is 11.5 Å². The molecule has 0 aliphatic heterocycles. The average molecular weight is 326 g/mol. The van der Waals surface area contributed by atoms with Gasteiger partial charge in [-0.2, -0.15) is 18.3 Å². The number of benzene rings is 1. The third-order valence-corrected chi connectivity index (χ3v) is 3.36. The Balaban J connectivity index is 2.70. The fraction of sp³-hybridized carbons (Fsp3) is 0.167. The number of halogens is 6. The van der Waals surface area contributed by atoms with E-state index < -0.39 is 22.7 Å². The molecule has 0 aliphatic carbocycles. The second-order valence-corrected chi connectivity index (χ2v) is 4.84. The van der Waals surface area contributed by atoms with Crippen LogP contribution in [0.1, 0.15) is 11.3 Å². The van der Waals surface area contributed by atoms with E-state index in [9.17, 15) is 17.6 Å². The van der Waals surface area contributed by atoms with Crippen molar-refractivity contribution in [3.8, 4) is 11.3 Å². The van der Waals surface area contributed by atoms with E-state index in [0.29, 0.717) is 4.68 Å². The van der Waals surface area contributed by atoms with Gasteiger partial charge < -0.3 is 0 Å². The summed E-state index contributed by atoms with van der Waals surface area (Å²) in [4.78, 5) is 0. The van der Waals surface area contributed by atoms with E-state index >= 15 is 0 Å². The summed E-state index contributed by atoms with van der Waals surface area (Å²) in [5.74, 6) is -0.823. The Bertz CT molecular complexity index is 677. The van der Waals surface area contributed by atoms with E-state index in [-0.39, 0.29) is 21.8 Å². The van der Waals surface area contributed by atoms with Crippen LogP contribution < -0.4 is 0 Å². The minimum atomic E-state index is -4.69. The second kappa shape index (κ2) is 4.93. The summed E-state index contributed by atoms with van der Waals surface area (Å²) in [6.07, 6.45) is -4.69. The first kappa shape index (κ1) is 15.1. The van der Waals surface area contributed by atoms with Crippen molar-refractivity contribution in [3.05, 3.63) is 46.2 Å². The number of aromatic nitrogens is 2. The SMILES string of the molecule is [CH2]c1cc(-c2nn(C)c(C(F)(F)F)c2Cl)c(F)cc1Cl. The van der Waals surface area contributed by atoms with E-state index in [1.807, 2.05) is 0 Å². The maximum Gasteiger partial charge on any atom is 0.434 e. The lowest BCUT2D eigenvalue weighted by Crippen LogP contribution is -2.12. The lowest BCUT2D eigenvalue weighted by Gasteiger charge is -2.06. The molecule has 0 aliphatic rings. The van der Waals surface area contributed by atoms with Gasteiger partial charge in [0, 0.05) is 17.6 Å². The number of hydrogen-bond donors (Lipinski definition) is 0. The highest BCUT2D eigenvalue weighted by Gasteiger charge is 2.39. The van der Waals surface area contributed by atoms with Gasteiger partial charge in [-0.05, 0) is 24.6 Å². The molecule has 0 spiro atoms. The molecule has 2 aromatic rings. The quantitative estimate of drug-likeness (QED) is 0.693. The minimum Gasteiger partial charge on any atom is -0.262 e. The van der Waals surface area contributed by atoms with Crippen molar-refractivity contribution in [3.63, 3.8) is 0 Å². The Kier molecular flexibility index (Phi) is 3.73. The third kappa shape index (κ3) is 2.50. The Morgan fingerprint density at radius 2 is 1.85 bits per heavy atom. The first-order valence-electron chi connectivity index (χ1n) is 5.24. The monoisotopic (exact) mass is 325 g/mol. The average Bonchev–Trinajstić information content (AvgIpc) is 2.58. The minimum absolute atomic E-state index is 0.0642. The summed E-state index contributed by atoms with van der Waals surface area (Å²) in [6, 6.07) is 2.16. The van der Waals surface area contributed by atoms with Crippen molar-refractivity contribution in [1.29, 1.82) is 0 Å². The molecule has 0 unspecified atom stereocenters. The summed E-state index contributed by atoms with van der Waals surface area (Å²) in [6.45, 7) is 3.56. The van der Waals surface area contributed by atoms with Crippen LogP contribution in [0.5, 0.6) is 0 Å². The Morgan fingerprint density at radius 3 is 2.35 bits per heavy atom. The summed E-state index contributed by atoms with van der Waals surface area (Å²) in [5, 5.41) is 3.03. The van der Waals surface area contributed by atoms with E-state index in [4.69, 9.17) is 23.2 Å². The van der Waals surface area contributed by atoms with Crippen LogP contribution >= 0.6 is 23.2 Å². The van der Waals surface area contributed by atoms with Crippen LogP contribution in [0.4, 0.5) is 17.6 Å². The molecule has 20 heavy (non-hydrogen) atoms. The molecule has 8 heteroatoms. The zero-order valence-corrected chi connectivity index (χ0v) is 11.5. The van der Waals surface area contributed by atoms with E-state index in [2.05, 4.69) is 12.0 Å². The predicted octanol–water partition coefficient (Wildman–Crippen LogP) is 4.73. The number of aryl methyl sites for hydroxylation is 1. The highest BCUT2D eigenvalue weighted by Crippen LogP contribution is 2.40. The summed E-state index contributed by atoms with van der Waals surface area (Å²) in [5.41, 5.74) is -1.37. The Labute approximate surface area is 121 Å². The fourth-order valence-electron chi connectivity index (χ4n) is 1.75. The van der Waals surface area contributed by atoms with Gasteiger partial charge in [-0.25, -0.2) is 4.39 Å². The molecule has 0 bridgehead atoms. The van der Waals surface area contributed by atoms with Gasteiger partial charge in [0.2, 0.25) is 0 Å². The lowest BCUT2D eigenvalue weighted by molar-refractivity contribution is -0.143. The molecule has 0 N–H and O–H groups in total. The summed E-state index contributed by atoms with van der Waals surface area (Å²) < 4.78 is 52.8. The van der Waals surface area contributed by atoms with Crippen LogP contribution in [0.25, 0.3) is 11.3 Å². The van der Waals surface area contributed by atoms with Crippen molar-refractivity contribution in [2.24, 2.45) is 7.05 Å². The van der Waals surface area contributed by atoms with Crippen molar-refractivity contribution in [2.45, 2.75) is 6.18 Å². The highest BCUT2D eigenvalue weighted by atomic mass is 35.5. The standard InChI is InChI=1S/C12H7Cl2F4N2/c1-5-3-6(8(15)4-7(5)13)10-9(14)11(12(16,17)18)20(2)19-10/h3-4H,1H2,2H3. The zero-order valence-electron chi connectivity index (χ0n) is 10.0. The van der Waals surface area contributed by atoms with Gasteiger partial charge in [-0.1, -0.05) is 23.2 Å². The van der Waals surface area contributed by atoms with Crippen molar-refractivity contribution in [2.75, 3.05) is 0 Å². The fourth-order valence-corrected chi connectivity index (χ4v) is 2.27. The molecule has 107 valence electrons. The number of nitrogens with zero attached hydrogens (tertiary/aromatic N) is 2. The second-order valence-electron chi connectivity index (χ2n) is 4.06. The van der Waals surface area contributed by atoms with Crippen molar-refractivity contribution in [1.82, 2.24) is 9.78 Å². The number of hydrogen-bond acceptors (Lipinski definition) is 1. The van der Waals surface area contributed by atoms with Crippen LogP contribution in [0.15, 0.2) is 12.1 Å². The summed E-state index contributed by atoms with van der Waals surface area (Å²) in [7, 11) is 1.08. The first-order valence-corrected chi connectivity index (χ1v) is 5.99. The normalized spacial score (nSPS) is 12.0. The number of rotatable bonds is 1. The summed E-state index contributed by atoms with van der Waals surface area (Å²) >= 11 is 11.4. The molecule has 0 saturated carbocycles. The zero-order chi connectivity index (χ0) is 15.2. The van der Waals surface area contributed by atoms with E-state index in [1.165, 1.54) is 6.07 Å². The van der Waals surface area contributed by atoms with E-state index in [0.717, 1.165) is 13.1 Å². The van der Waals surface area contributed by atoms with Crippen LogP contribution in [0, 0.1) is 12.7 Å². The van der Waals surface area contributed by atoms with Gasteiger partial charge >= 0.3 is 6.18 Å². The number of alkyl halides is 3. The molecule has 2 rings (SSSR count). The molecule has 0 fully saturated rings. The molecule has 1 aromatic heterocycles. The van der Waals surface area contributed by atoms with Gasteiger partial charge in [-0.3, -0.25) is 4.68 Å². The predicted molar refractivity (Wildman–Crippen MR) is 68.1 cm³/mol. The first-order chi connectivity index (χ1) is 9.12. The van der Waals surface area contributed by atoms with Crippen molar-refractivity contribution >= 4 is 23.2 Å². The molecule has 0 amide bonds. The highest BCUT2D eigenvalue weighted by molar-refractivity contribution is 6.34. The smallest absolute Gasteiger partial charge is 0.262 e. The lowest BCUT2D eigenvalue weighted by atomic mass is 10.1. The maximum atomic E-state index is 13.8. The molecule has 1 heterocycles. The maximum absolute atomic E-state index is 13.8. The third-order valence-electron chi connectivity index (χ3n) is 2.65. The van der Waals surface area contributed by atoms with Gasteiger partial charge in [0.25, 0.3) is 0 Å². The van der Waals surface area contributed by atoms with Crippen LogP contribution in [-0.2, 0) is 13.2 Å². The van der Waals surface area contributed by atoms with Crippen molar-refractivity contribution < 1.29 is 17.6 Å². The Morgan fingerprint density at radius 1 is 1.25 bits per heavy atom. The van der Waals surface area contributed by atoms with Gasteiger partial charge in [-0.15, -0.1) is 0 Å². The molecule has 0 saturated heterocycles. The van der Waals surface area contributed by atoms with Crippen LogP contribution in [0.2, 0.25) is 10.0 Å². The topological polar surface area (TPSA) is 17.8 Å². The Hall–Kier alpha value is -1.27. The molecular formula is C12H7Cl2F4N2. The molecule has 1 radical (unpaired) electrons. The largest absolute Gasteiger partial charge is 0.434 e. The van der Waals surface area contributed by atoms with Gasteiger partial charge in [0.05, 0.1) is 5.02 Å². The van der Waals surface area contributed by atoms with E-state index in [1.54, 1.807) is 0 Å². The van der Waals surface area contributed by atoms with Crippen LogP contribution in [0.3, 0.4) is 0 Å². The molecule has 0 atom stereocenters. The molecule has 1 aromatic carbocycles. The molecular weight excluding hydrogens is 319 g/mol. The van der Waals surface area contributed by atoms with Gasteiger partial charge in [0.15, 0.2) is 5.69 Å². The van der Waals surface area contributed by atoms with Crippen LogP contribution in [-0.4, -0.2) is 9.78 Å². The molecule has 2 nitrogen and oxygen atoms in total.